The highest BCUT2D eigenvalue weighted by atomic mass is 16.3. The summed E-state index contributed by atoms with van der Waals surface area (Å²) in [5, 5.41) is 2.95. The molecule has 1 aliphatic rings. The number of benzene rings is 1. The second kappa shape index (κ2) is 9.09. The maximum Gasteiger partial charge on any atom is 0.331 e. The Balaban J connectivity index is 1.50. The Bertz CT molecular complexity index is 1220. The first kappa shape index (κ1) is 21.4. The zero-order chi connectivity index (χ0) is 22.7. The number of hydrogen-bond donors (Lipinski definition) is 1. The lowest BCUT2D eigenvalue weighted by atomic mass is 10.1. The van der Waals surface area contributed by atoms with Crippen LogP contribution in [0.3, 0.4) is 0 Å². The molecule has 2 aromatic heterocycles. The van der Waals surface area contributed by atoms with Crippen molar-refractivity contribution in [2.45, 2.75) is 38.5 Å². The Hall–Kier alpha value is -3.88. The molecule has 0 bridgehead atoms. The van der Waals surface area contributed by atoms with Gasteiger partial charge in [-0.25, -0.2) is 4.79 Å². The fourth-order valence-electron chi connectivity index (χ4n) is 3.28. The van der Waals surface area contributed by atoms with Crippen molar-refractivity contribution in [3.05, 3.63) is 92.6 Å². The SMILES string of the molecule is Cn1c(=O)ccn(CC(=O)N(Cc2ccc(C(=O)NC3CC3)cc2)Cc2ccco2)c1=O. The third-order valence-corrected chi connectivity index (χ3v) is 5.35. The van der Waals surface area contributed by atoms with Crippen LogP contribution in [0.5, 0.6) is 0 Å². The first-order valence-corrected chi connectivity index (χ1v) is 10.4. The Kier molecular flexibility index (Phi) is 6.07. The number of amides is 2. The van der Waals surface area contributed by atoms with Gasteiger partial charge in [-0.05, 0) is 42.7 Å². The molecule has 1 fully saturated rings. The van der Waals surface area contributed by atoms with Crippen LogP contribution in [-0.4, -0.2) is 31.9 Å². The molecule has 9 heteroatoms. The van der Waals surface area contributed by atoms with Crippen molar-refractivity contribution >= 4 is 11.8 Å². The molecule has 1 N–H and O–H groups in total. The van der Waals surface area contributed by atoms with E-state index in [1.54, 1.807) is 29.2 Å². The molecular weight excluding hydrogens is 412 g/mol. The maximum atomic E-state index is 13.1. The van der Waals surface area contributed by atoms with Gasteiger partial charge in [-0.15, -0.1) is 0 Å². The molecule has 0 saturated heterocycles. The highest BCUT2D eigenvalue weighted by molar-refractivity contribution is 5.94. The topological polar surface area (TPSA) is 107 Å². The van der Waals surface area contributed by atoms with Gasteiger partial charge in [0, 0.05) is 37.5 Å². The summed E-state index contributed by atoms with van der Waals surface area (Å²) in [6.07, 6.45) is 4.89. The molecule has 0 spiro atoms. The molecule has 166 valence electrons. The van der Waals surface area contributed by atoms with Crippen LogP contribution in [0.25, 0.3) is 0 Å². The first-order chi connectivity index (χ1) is 15.4. The van der Waals surface area contributed by atoms with Crippen molar-refractivity contribution in [2.75, 3.05) is 0 Å². The van der Waals surface area contributed by atoms with Crippen LogP contribution < -0.4 is 16.6 Å². The van der Waals surface area contributed by atoms with Crippen LogP contribution in [0.15, 0.2) is 68.9 Å². The van der Waals surface area contributed by atoms with E-state index in [1.807, 2.05) is 12.1 Å². The largest absolute Gasteiger partial charge is 0.467 e. The minimum absolute atomic E-state index is 0.100. The summed E-state index contributed by atoms with van der Waals surface area (Å²) >= 11 is 0. The van der Waals surface area contributed by atoms with Gasteiger partial charge in [0.2, 0.25) is 5.91 Å². The Morgan fingerprint density at radius 1 is 1.09 bits per heavy atom. The Morgan fingerprint density at radius 2 is 1.84 bits per heavy atom. The molecule has 0 atom stereocenters. The van der Waals surface area contributed by atoms with E-state index in [-0.39, 0.29) is 37.5 Å². The standard InChI is InChI=1S/C23H24N4O5/c1-25-20(28)10-11-26(23(25)31)15-21(29)27(14-19-3-2-12-32-19)13-16-4-6-17(7-5-16)22(30)24-18-8-9-18/h2-7,10-12,18H,8-9,13-15H2,1H3,(H,24,30). The molecule has 3 aromatic rings. The lowest BCUT2D eigenvalue weighted by molar-refractivity contribution is -0.133. The second-order valence-electron chi connectivity index (χ2n) is 7.90. The van der Waals surface area contributed by atoms with Crippen LogP contribution in [0.2, 0.25) is 0 Å². The number of rotatable bonds is 8. The first-order valence-electron chi connectivity index (χ1n) is 10.4. The average Bonchev–Trinajstić information content (AvgIpc) is 3.45. The van der Waals surface area contributed by atoms with Gasteiger partial charge in [-0.3, -0.25) is 23.5 Å². The van der Waals surface area contributed by atoms with Crippen LogP contribution in [0.1, 0.15) is 34.5 Å². The lowest BCUT2D eigenvalue weighted by Gasteiger charge is -2.22. The smallest absolute Gasteiger partial charge is 0.331 e. The molecule has 0 radical (unpaired) electrons. The van der Waals surface area contributed by atoms with Gasteiger partial charge in [-0.1, -0.05) is 12.1 Å². The molecule has 32 heavy (non-hydrogen) atoms. The number of nitrogens with zero attached hydrogens (tertiary/aromatic N) is 3. The van der Waals surface area contributed by atoms with Crippen molar-refractivity contribution in [2.24, 2.45) is 7.05 Å². The molecule has 0 aliphatic heterocycles. The summed E-state index contributed by atoms with van der Waals surface area (Å²) in [5.41, 5.74) is 0.411. The average molecular weight is 436 g/mol. The normalized spacial score (nSPS) is 13.0. The van der Waals surface area contributed by atoms with Gasteiger partial charge in [0.25, 0.3) is 11.5 Å². The van der Waals surface area contributed by atoms with E-state index in [4.69, 9.17) is 4.42 Å². The van der Waals surface area contributed by atoms with Crippen molar-refractivity contribution in [3.8, 4) is 0 Å². The van der Waals surface area contributed by atoms with E-state index in [0.717, 1.165) is 23.0 Å². The summed E-state index contributed by atoms with van der Waals surface area (Å²) < 4.78 is 7.55. The number of carbonyl (C=O) groups is 2. The quantitative estimate of drug-likeness (QED) is 0.572. The molecule has 1 aromatic carbocycles. The van der Waals surface area contributed by atoms with E-state index in [2.05, 4.69) is 5.32 Å². The minimum Gasteiger partial charge on any atom is -0.467 e. The third-order valence-electron chi connectivity index (χ3n) is 5.35. The monoisotopic (exact) mass is 436 g/mol. The zero-order valence-corrected chi connectivity index (χ0v) is 17.7. The Labute approximate surface area is 183 Å². The highest BCUT2D eigenvalue weighted by Crippen LogP contribution is 2.19. The van der Waals surface area contributed by atoms with Gasteiger partial charge in [0.1, 0.15) is 12.3 Å². The van der Waals surface area contributed by atoms with Gasteiger partial charge in [0.05, 0.1) is 12.8 Å². The molecule has 9 nitrogen and oxygen atoms in total. The molecule has 2 amide bonds. The highest BCUT2D eigenvalue weighted by Gasteiger charge is 2.24. The lowest BCUT2D eigenvalue weighted by Crippen LogP contribution is -2.41. The van der Waals surface area contributed by atoms with E-state index in [1.165, 1.54) is 30.1 Å². The van der Waals surface area contributed by atoms with Crippen molar-refractivity contribution < 1.29 is 14.0 Å². The number of nitrogens with one attached hydrogen (secondary N) is 1. The summed E-state index contributed by atoms with van der Waals surface area (Å²) in [5.74, 6) is 0.195. The van der Waals surface area contributed by atoms with Gasteiger partial charge >= 0.3 is 5.69 Å². The van der Waals surface area contributed by atoms with E-state index in [9.17, 15) is 19.2 Å². The summed E-state index contributed by atoms with van der Waals surface area (Å²) in [7, 11) is 1.37. The van der Waals surface area contributed by atoms with Crippen molar-refractivity contribution in [3.63, 3.8) is 0 Å². The molecule has 1 saturated carbocycles. The van der Waals surface area contributed by atoms with Crippen molar-refractivity contribution in [1.82, 2.24) is 19.4 Å². The molecule has 4 rings (SSSR count). The molecule has 2 heterocycles. The van der Waals surface area contributed by atoms with Gasteiger partial charge in [0.15, 0.2) is 0 Å². The van der Waals surface area contributed by atoms with Gasteiger partial charge in [-0.2, -0.15) is 0 Å². The maximum absolute atomic E-state index is 13.1. The van der Waals surface area contributed by atoms with Crippen LogP contribution in [0, 0.1) is 0 Å². The predicted molar refractivity (Wildman–Crippen MR) is 116 cm³/mol. The number of aromatic nitrogens is 2. The van der Waals surface area contributed by atoms with E-state index in [0.29, 0.717) is 11.3 Å². The minimum atomic E-state index is -0.560. The van der Waals surface area contributed by atoms with Crippen LogP contribution in [-0.2, 0) is 31.5 Å². The summed E-state index contributed by atoms with van der Waals surface area (Å²) in [4.78, 5) is 50.7. The molecular formula is C23H24N4O5. The number of furan rings is 1. The summed E-state index contributed by atoms with van der Waals surface area (Å²) in [6.45, 7) is 0.274. The Morgan fingerprint density at radius 3 is 2.50 bits per heavy atom. The van der Waals surface area contributed by atoms with E-state index < -0.39 is 11.2 Å². The number of hydrogen-bond acceptors (Lipinski definition) is 5. The molecule has 0 unspecified atom stereocenters. The second-order valence-corrected chi connectivity index (χ2v) is 7.90. The van der Waals surface area contributed by atoms with E-state index >= 15 is 0 Å². The fourth-order valence-corrected chi connectivity index (χ4v) is 3.28. The summed E-state index contributed by atoms with van der Waals surface area (Å²) in [6, 6.07) is 12.1. The van der Waals surface area contributed by atoms with Crippen LogP contribution >= 0.6 is 0 Å². The predicted octanol–water partition coefficient (Wildman–Crippen LogP) is 1.26. The number of carbonyl (C=O) groups excluding carboxylic acids is 2. The zero-order valence-electron chi connectivity index (χ0n) is 17.7. The van der Waals surface area contributed by atoms with Gasteiger partial charge < -0.3 is 14.6 Å². The third kappa shape index (κ3) is 5.05. The molecule has 1 aliphatic carbocycles. The van der Waals surface area contributed by atoms with Crippen LogP contribution in [0.4, 0.5) is 0 Å². The fraction of sp³-hybridized carbons (Fsp3) is 0.304. The van der Waals surface area contributed by atoms with Crippen molar-refractivity contribution in [1.29, 1.82) is 0 Å².